The van der Waals surface area contributed by atoms with Crippen molar-refractivity contribution in [1.29, 1.82) is 0 Å². The van der Waals surface area contributed by atoms with E-state index < -0.39 is 39.8 Å². The molecule has 3 heteroatoms. The van der Waals surface area contributed by atoms with E-state index in [9.17, 15) is 0 Å². The standard InChI is InChI=1S/C15H22N2O/c1-15(2,16(3)4)11-17-9-8-12-10-13(18-5)6-7-14(12)17/h6-10H,11H2,1-5H3/i1D3,2D3,3D3,5D3,11D2. The quantitative estimate of drug-likeness (QED) is 0.841. The fraction of sp³-hybridized carbons (Fsp3) is 0.467. The van der Waals surface area contributed by atoms with E-state index in [1.807, 2.05) is 0 Å². The second kappa shape index (κ2) is 4.65. The molecular formula is C15H22N2O. The molecule has 0 atom stereocenters. The Labute approximate surface area is 129 Å². The van der Waals surface area contributed by atoms with Crippen LogP contribution >= 0.6 is 0 Å². The number of benzene rings is 1. The molecule has 0 unspecified atom stereocenters. The Kier molecular flexibility index (Phi) is 1.04. The van der Waals surface area contributed by atoms with Gasteiger partial charge < -0.3 is 14.2 Å². The van der Waals surface area contributed by atoms with Crippen molar-refractivity contribution in [3.8, 4) is 5.75 Å². The Bertz CT molecular complexity index is 952. The molecule has 2 aromatic rings. The third-order valence-electron chi connectivity index (χ3n) is 2.56. The maximum Gasteiger partial charge on any atom is 0.119 e. The second-order valence-electron chi connectivity index (χ2n) is 3.89. The Morgan fingerprint density at radius 2 is 2.33 bits per heavy atom. The van der Waals surface area contributed by atoms with Gasteiger partial charge in [0.25, 0.3) is 0 Å². The summed E-state index contributed by atoms with van der Waals surface area (Å²) in [6, 6.07) is 4.99. The Morgan fingerprint density at radius 3 is 3.06 bits per heavy atom. The van der Waals surface area contributed by atoms with Crippen molar-refractivity contribution in [1.82, 2.24) is 9.47 Å². The highest BCUT2D eigenvalue weighted by Crippen LogP contribution is 2.24. The minimum atomic E-state index is -3.62. The topological polar surface area (TPSA) is 17.4 Å². The van der Waals surface area contributed by atoms with Gasteiger partial charge in [-0.2, -0.15) is 0 Å². The van der Waals surface area contributed by atoms with E-state index in [1.165, 1.54) is 24.3 Å². The Hall–Kier alpha value is -1.48. The molecule has 0 saturated heterocycles. The second-order valence-corrected chi connectivity index (χ2v) is 3.89. The first kappa shape index (κ1) is 4.01. The van der Waals surface area contributed by atoms with Gasteiger partial charge in [0.05, 0.1) is 13.9 Å². The summed E-state index contributed by atoms with van der Waals surface area (Å²) in [4.78, 5) is 0.0674. The highest BCUT2D eigenvalue weighted by molar-refractivity contribution is 5.81. The van der Waals surface area contributed by atoms with Crippen molar-refractivity contribution in [3.05, 3.63) is 30.5 Å². The maximum absolute atomic E-state index is 8.69. The average molecular weight is 260 g/mol. The molecule has 0 N–H and O–H groups in total. The van der Waals surface area contributed by atoms with Gasteiger partial charge in [-0.25, -0.2) is 0 Å². The van der Waals surface area contributed by atoms with Crippen LogP contribution in [0.25, 0.3) is 10.9 Å². The van der Waals surface area contributed by atoms with Gasteiger partial charge in [0.1, 0.15) is 5.75 Å². The van der Waals surface area contributed by atoms with Crippen LogP contribution in [0.5, 0.6) is 5.75 Å². The zero-order valence-electron chi connectivity index (χ0n) is 23.7. The summed E-state index contributed by atoms with van der Waals surface area (Å²) in [5.74, 6) is -0.0756. The van der Waals surface area contributed by atoms with E-state index in [-0.39, 0.29) is 21.6 Å². The molecular weight excluding hydrogens is 224 g/mol. The van der Waals surface area contributed by atoms with Crippen LogP contribution in [-0.2, 0) is 6.50 Å². The third-order valence-corrected chi connectivity index (χ3v) is 2.56. The van der Waals surface area contributed by atoms with Gasteiger partial charge in [0.15, 0.2) is 0 Å². The van der Waals surface area contributed by atoms with Gasteiger partial charge in [-0.05, 0) is 52.0 Å². The first-order valence-electron chi connectivity index (χ1n) is 12.1. The summed E-state index contributed by atoms with van der Waals surface area (Å²) in [6.45, 7) is -13.8. The van der Waals surface area contributed by atoms with Gasteiger partial charge in [-0.1, -0.05) is 0 Å². The van der Waals surface area contributed by atoms with Gasteiger partial charge >= 0.3 is 0 Å². The van der Waals surface area contributed by atoms with Crippen LogP contribution in [0.3, 0.4) is 0 Å². The SMILES string of the molecule is [2H]C([2H])([2H])Oc1ccc2c(ccn2C([2H])([2H])C(N(C)C([2H])([2H])[2H])(C([2H])([2H])[2H])C([2H])([2H])[2H])c1. The van der Waals surface area contributed by atoms with Crippen LogP contribution in [0, 0.1) is 0 Å². The first-order chi connectivity index (χ1) is 14.1. The lowest BCUT2D eigenvalue weighted by Crippen LogP contribution is -2.41. The summed E-state index contributed by atoms with van der Waals surface area (Å²) in [7, 11) is -2.01. The maximum atomic E-state index is 8.69. The minimum absolute atomic E-state index is 0.00436. The number of hydrogen-bond donors (Lipinski definition) is 0. The summed E-state index contributed by atoms with van der Waals surface area (Å²) in [5.41, 5.74) is -3.48. The molecule has 2 rings (SSSR count). The van der Waals surface area contributed by atoms with Crippen molar-refractivity contribution in [2.45, 2.75) is 25.7 Å². The molecule has 0 aliphatic heterocycles. The van der Waals surface area contributed by atoms with E-state index in [0.717, 1.165) is 17.8 Å². The smallest absolute Gasteiger partial charge is 0.119 e. The number of methoxy groups -OCH3 is 1. The van der Waals surface area contributed by atoms with E-state index in [1.54, 1.807) is 0 Å². The minimum Gasteiger partial charge on any atom is -0.497 e. The van der Waals surface area contributed by atoms with Crippen molar-refractivity contribution in [2.24, 2.45) is 0 Å². The van der Waals surface area contributed by atoms with Crippen LogP contribution in [0.2, 0.25) is 0 Å². The van der Waals surface area contributed by atoms with Crippen molar-refractivity contribution in [3.63, 3.8) is 0 Å². The molecule has 0 aliphatic rings. The fourth-order valence-corrected chi connectivity index (χ4v) is 1.53. The number of ether oxygens (including phenoxy) is 1. The molecule has 0 fully saturated rings. The highest BCUT2D eigenvalue weighted by atomic mass is 16.5. The molecule has 1 aromatic carbocycles. The number of rotatable bonds is 4. The first-order valence-corrected chi connectivity index (χ1v) is 5.12. The molecule has 0 saturated carbocycles. The van der Waals surface area contributed by atoms with Crippen molar-refractivity contribution < 1.29 is 23.9 Å². The van der Waals surface area contributed by atoms with E-state index in [2.05, 4.69) is 0 Å². The molecule has 18 heavy (non-hydrogen) atoms. The molecule has 98 valence electrons. The molecule has 0 spiro atoms. The lowest BCUT2D eigenvalue weighted by atomic mass is 10.0. The van der Waals surface area contributed by atoms with Gasteiger partial charge in [-0.3, -0.25) is 0 Å². The average Bonchev–Trinajstić information content (AvgIpc) is 2.93. The fourth-order valence-electron chi connectivity index (χ4n) is 1.53. The predicted molar refractivity (Wildman–Crippen MR) is 76.3 cm³/mol. The number of nitrogens with zero attached hydrogens (tertiary/aromatic N) is 2. The third kappa shape index (κ3) is 2.36. The molecule has 3 nitrogen and oxygen atoms in total. The number of fused-ring (bicyclic) bond motifs is 1. The van der Waals surface area contributed by atoms with E-state index >= 15 is 0 Å². The molecule has 0 amide bonds. The molecule has 1 aromatic heterocycles. The van der Waals surface area contributed by atoms with Gasteiger partial charge in [-0.15, -0.1) is 0 Å². The zero-order chi connectivity index (χ0) is 25.1. The summed E-state index contributed by atoms with van der Waals surface area (Å²) in [5, 5.41) is 0.220. The highest BCUT2D eigenvalue weighted by Gasteiger charge is 2.21. The predicted octanol–water partition coefficient (Wildman–Crippen LogP) is 2.99. The summed E-state index contributed by atoms with van der Waals surface area (Å²) < 4.78 is 115. The van der Waals surface area contributed by atoms with E-state index in [0.29, 0.717) is 0 Å². The molecule has 0 radical (unpaired) electrons. The molecule has 0 aliphatic carbocycles. The number of aromatic nitrogens is 1. The van der Waals surface area contributed by atoms with E-state index in [4.69, 9.17) is 23.9 Å². The zero-order valence-corrected chi connectivity index (χ0v) is 9.69. The van der Waals surface area contributed by atoms with Gasteiger partial charge in [0.2, 0.25) is 0 Å². The Morgan fingerprint density at radius 1 is 1.44 bits per heavy atom. The van der Waals surface area contributed by atoms with Crippen LogP contribution in [0.4, 0.5) is 0 Å². The lowest BCUT2D eigenvalue weighted by molar-refractivity contribution is 0.171. The Balaban J connectivity index is 2.84. The molecule has 0 bridgehead atoms. The van der Waals surface area contributed by atoms with Crippen molar-refractivity contribution in [2.75, 3.05) is 21.1 Å². The summed E-state index contributed by atoms with van der Waals surface area (Å²) >= 11 is 0. The molecule has 1 heterocycles. The van der Waals surface area contributed by atoms with Crippen LogP contribution in [-0.4, -0.2) is 36.1 Å². The van der Waals surface area contributed by atoms with Crippen molar-refractivity contribution >= 4 is 10.9 Å². The van der Waals surface area contributed by atoms with Crippen LogP contribution in [0.1, 0.15) is 32.9 Å². The number of likely N-dealkylation sites (N-methyl/N-ethyl adjacent to an activating group) is 1. The normalized spacial score (nSPS) is 27.4. The van der Waals surface area contributed by atoms with Crippen LogP contribution in [0.15, 0.2) is 30.5 Å². The monoisotopic (exact) mass is 260 g/mol. The summed E-state index contributed by atoms with van der Waals surface area (Å²) in [6.07, 6.45) is 1.07. The van der Waals surface area contributed by atoms with Crippen LogP contribution < -0.4 is 4.74 Å². The lowest BCUT2D eigenvalue weighted by Gasteiger charge is -2.33. The number of hydrogen-bond acceptors (Lipinski definition) is 2. The van der Waals surface area contributed by atoms with Gasteiger partial charge in [0, 0.05) is 41.5 Å². The largest absolute Gasteiger partial charge is 0.497 e.